The van der Waals surface area contributed by atoms with Crippen LogP contribution in [-0.4, -0.2) is 53.4 Å². The average Bonchev–Trinajstić information content (AvgIpc) is 3.37. The van der Waals surface area contributed by atoms with E-state index in [1.807, 2.05) is 65.3 Å². The van der Waals surface area contributed by atoms with Gasteiger partial charge in [0.1, 0.15) is 11.5 Å². The van der Waals surface area contributed by atoms with Crippen LogP contribution >= 0.6 is 0 Å². The minimum Gasteiger partial charge on any atom is -0.497 e. The summed E-state index contributed by atoms with van der Waals surface area (Å²) in [5.41, 5.74) is 4.88. The number of hydrogen-bond acceptors (Lipinski definition) is 5. The van der Waals surface area contributed by atoms with Crippen molar-refractivity contribution in [2.45, 2.75) is 45.2 Å². The van der Waals surface area contributed by atoms with Gasteiger partial charge in [-0.1, -0.05) is 30.3 Å². The van der Waals surface area contributed by atoms with Crippen LogP contribution in [0.15, 0.2) is 60.7 Å². The van der Waals surface area contributed by atoms with Gasteiger partial charge in [-0.15, -0.1) is 0 Å². The molecule has 5 rings (SSSR count). The summed E-state index contributed by atoms with van der Waals surface area (Å²) in [4.78, 5) is 35.0. The van der Waals surface area contributed by atoms with E-state index in [4.69, 9.17) is 14.5 Å². The van der Waals surface area contributed by atoms with Crippen molar-refractivity contribution in [1.29, 1.82) is 0 Å². The Hall–Kier alpha value is -3.87. The second-order valence-electron chi connectivity index (χ2n) is 9.75. The number of piperidine rings is 1. The van der Waals surface area contributed by atoms with Crippen LogP contribution in [0, 0.1) is 6.92 Å². The largest absolute Gasteiger partial charge is 0.497 e. The number of amides is 2. The first-order chi connectivity index (χ1) is 18.0. The maximum atomic E-state index is 13.5. The molecule has 0 atom stereocenters. The first-order valence-corrected chi connectivity index (χ1v) is 12.9. The van der Waals surface area contributed by atoms with Crippen LogP contribution in [-0.2, 0) is 17.9 Å². The number of aromatic nitrogens is 1. The standard InChI is InChI=1S/C30H33N3O4/c1-21-10-11-27(30(35)33-19-23-6-3-4-7-24(23)20-33)29(31-21)22-12-15-32(16-13-22)28(34)14-17-37-26-9-5-8-25(18-26)36-2/h3-11,18,22H,12-17,19-20H2,1-2H3. The molecule has 0 unspecified atom stereocenters. The van der Waals surface area contributed by atoms with Crippen LogP contribution in [0.4, 0.5) is 0 Å². The number of fused-ring (bicyclic) bond motifs is 1. The Balaban J connectivity index is 1.18. The summed E-state index contributed by atoms with van der Waals surface area (Å²) in [5, 5.41) is 0. The zero-order valence-corrected chi connectivity index (χ0v) is 21.5. The van der Waals surface area contributed by atoms with E-state index in [0.717, 1.165) is 30.0 Å². The molecule has 37 heavy (non-hydrogen) atoms. The van der Waals surface area contributed by atoms with Crippen molar-refractivity contribution in [3.8, 4) is 11.5 Å². The van der Waals surface area contributed by atoms with Crippen LogP contribution in [0.5, 0.6) is 11.5 Å². The van der Waals surface area contributed by atoms with Crippen LogP contribution < -0.4 is 9.47 Å². The fourth-order valence-corrected chi connectivity index (χ4v) is 5.22. The number of nitrogens with zero attached hydrogens (tertiary/aromatic N) is 3. The summed E-state index contributed by atoms with van der Waals surface area (Å²) in [6, 6.07) is 19.4. The predicted molar refractivity (Wildman–Crippen MR) is 141 cm³/mol. The minimum atomic E-state index is 0.0342. The quantitative estimate of drug-likeness (QED) is 0.470. The van der Waals surface area contributed by atoms with E-state index in [-0.39, 0.29) is 17.7 Å². The Morgan fingerprint density at radius 3 is 2.32 bits per heavy atom. The fourth-order valence-electron chi connectivity index (χ4n) is 5.22. The van der Waals surface area contributed by atoms with Gasteiger partial charge in [-0.25, -0.2) is 0 Å². The molecule has 0 saturated carbocycles. The van der Waals surface area contributed by atoms with Gasteiger partial charge in [-0.2, -0.15) is 0 Å². The van der Waals surface area contributed by atoms with Gasteiger partial charge in [0.05, 0.1) is 31.4 Å². The lowest BCUT2D eigenvalue weighted by molar-refractivity contribution is -0.132. The number of likely N-dealkylation sites (tertiary alicyclic amines) is 1. The van der Waals surface area contributed by atoms with Gasteiger partial charge < -0.3 is 19.3 Å². The first-order valence-electron chi connectivity index (χ1n) is 12.9. The molecule has 2 aliphatic rings. The molecule has 0 N–H and O–H groups in total. The number of hydrogen-bond donors (Lipinski definition) is 0. The van der Waals surface area contributed by atoms with Crippen molar-refractivity contribution in [2.75, 3.05) is 26.8 Å². The molecule has 1 saturated heterocycles. The van der Waals surface area contributed by atoms with Crippen LogP contribution in [0.2, 0.25) is 0 Å². The smallest absolute Gasteiger partial charge is 0.256 e. The molecule has 0 spiro atoms. The molecule has 7 heteroatoms. The lowest BCUT2D eigenvalue weighted by Gasteiger charge is -2.33. The molecular formula is C30H33N3O4. The summed E-state index contributed by atoms with van der Waals surface area (Å²) in [7, 11) is 1.61. The van der Waals surface area contributed by atoms with Gasteiger partial charge in [0.15, 0.2) is 0 Å². The van der Waals surface area contributed by atoms with Crippen LogP contribution in [0.25, 0.3) is 0 Å². The van der Waals surface area contributed by atoms with Gasteiger partial charge in [0.25, 0.3) is 5.91 Å². The second-order valence-corrected chi connectivity index (χ2v) is 9.75. The molecule has 2 amide bonds. The summed E-state index contributed by atoms with van der Waals surface area (Å²) < 4.78 is 11.0. The first kappa shape index (κ1) is 24.8. The normalized spacial score (nSPS) is 15.4. The molecule has 0 radical (unpaired) electrons. The van der Waals surface area contributed by atoms with Gasteiger partial charge in [-0.05, 0) is 55.2 Å². The summed E-state index contributed by atoms with van der Waals surface area (Å²) in [5.74, 6) is 1.69. The maximum Gasteiger partial charge on any atom is 0.256 e. The number of ether oxygens (including phenoxy) is 2. The lowest BCUT2D eigenvalue weighted by atomic mass is 9.89. The molecule has 3 aromatic rings. The molecule has 1 aromatic heterocycles. The number of pyridine rings is 1. The average molecular weight is 500 g/mol. The highest BCUT2D eigenvalue weighted by Crippen LogP contribution is 2.32. The number of methoxy groups -OCH3 is 1. The maximum absolute atomic E-state index is 13.5. The van der Waals surface area contributed by atoms with Crippen molar-refractivity contribution in [1.82, 2.24) is 14.8 Å². The number of rotatable bonds is 7. The van der Waals surface area contributed by atoms with Gasteiger partial charge in [0, 0.05) is 43.9 Å². The van der Waals surface area contributed by atoms with Crippen LogP contribution in [0.3, 0.4) is 0 Å². The monoisotopic (exact) mass is 499 g/mol. The Morgan fingerprint density at radius 2 is 1.62 bits per heavy atom. The van der Waals surface area contributed by atoms with E-state index in [2.05, 4.69) is 12.1 Å². The number of aryl methyl sites for hydroxylation is 1. The van der Waals surface area contributed by atoms with E-state index in [1.165, 1.54) is 11.1 Å². The third-order valence-electron chi connectivity index (χ3n) is 7.28. The fraction of sp³-hybridized carbons (Fsp3) is 0.367. The third kappa shape index (κ3) is 5.61. The van der Waals surface area contributed by atoms with Crippen LogP contribution in [0.1, 0.15) is 58.1 Å². The molecule has 2 aromatic carbocycles. The van der Waals surface area contributed by atoms with E-state index in [0.29, 0.717) is 50.5 Å². The number of benzene rings is 2. The van der Waals surface area contributed by atoms with Crippen molar-refractivity contribution in [3.63, 3.8) is 0 Å². The number of carbonyl (C=O) groups is 2. The van der Waals surface area contributed by atoms with Gasteiger partial charge in [-0.3, -0.25) is 14.6 Å². The lowest BCUT2D eigenvalue weighted by Crippen LogP contribution is -2.39. The van der Waals surface area contributed by atoms with Crippen molar-refractivity contribution < 1.29 is 19.1 Å². The highest BCUT2D eigenvalue weighted by atomic mass is 16.5. The van der Waals surface area contributed by atoms with Crippen molar-refractivity contribution >= 4 is 11.8 Å². The van der Waals surface area contributed by atoms with E-state index in [9.17, 15) is 9.59 Å². The Bertz CT molecular complexity index is 1260. The SMILES string of the molecule is COc1cccc(OCCC(=O)N2CCC(c3nc(C)ccc3C(=O)N3Cc4ccccc4C3)CC2)c1. The Kier molecular flexibility index (Phi) is 7.40. The van der Waals surface area contributed by atoms with E-state index < -0.39 is 0 Å². The zero-order chi connectivity index (χ0) is 25.8. The minimum absolute atomic E-state index is 0.0342. The number of carbonyl (C=O) groups excluding carboxylic acids is 2. The molecular weight excluding hydrogens is 466 g/mol. The molecule has 0 aliphatic carbocycles. The molecule has 0 bridgehead atoms. The summed E-state index contributed by atoms with van der Waals surface area (Å²) in [6.45, 7) is 4.86. The van der Waals surface area contributed by atoms with E-state index >= 15 is 0 Å². The molecule has 1 fully saturated rings. The van der Waals surface area contributed by atoms with Gasteiger partial charge in [0.2, 0.25) is 5.91 Å². The van der Waals surface area contributed by atoms with Gasteiger partial charge >= 0.3 is 0 Å². The third-order valence-corrected chi connectivity index (χ3v) is 7.28. The highest BCUT2D eigenvalue weighted by Gasteiger charge is 2.31. The molecule has 3 heterocycles. The van der Waals surface area contributed by atoms with Crippen molar-refractivity contribution in [2.24, 2.45) is 0 Å². The Morgan fingerprint density at radius 1 is 0.919 bits per heavy atom. The molecule has 2 aliphatic heterocycles. The Labute approximate surface area is 218 Å². The molecule has 7 nitrogen and oxygen atoms in total. The summed E-state index contributed by atoms with van der Waals surface area (Å²) >= 11 is 0. The van der Waals surface area contributed by atoms with E-state index in [1.54, 1.807) is 7.11 Å². The predicted octanol–water partition coefficient (Wildman–Crippen LogP) is 4.73. The highest BCUT2D eigenvalue weighted by molar-refractivity contribution is 5.95. The topological polar surface area (TPSA) is 72.0 Å². The summed E-state index contributed by atoms with van der Waals surface area (Å²) in [6.07, 6.45) is 1.91. The van der Waals surface area contributed by atoms with Crippen molar-refractivity contribution in [3.05, 3.63) is 88.7 Å². The second kappa shape index (κ2) is 11.0. The zero-order valence-electron chi connectivity index (χ0n) is 21.5. The molecule has 192 valence electrons.